The molecule has 0 aliphatic rings. The van der Waals surface area contributed by atoms with Crippen molar-refractivity contribution in [2.75, 3.05) is 5.32 Å². The van der Waals surface area contributed by atoms with Crippen molar-refractivity contribution in [3.05, 3.63) is 95.5 Å². The van der Waals surface area contributed by atoms with Crippen molar-refractivity contribution in [1.82, 2.24) is 24.9 Å². The third kappa shape index (κ3) is 5.03. The standard InChI is InChI=1S/C21H19ClN6O/c22-18-6-8-20(9-7-18)28-14-17(11-25-28)10-23-21(29)26-19-12-24-27(15-19)13-16-4-2-1-3-5-16/h1-9,11-12,14-15H,10,13H2,(H2,23,26,29). The second-order valence-corrected chi connectivity index (χ2v) is 6.93. The van der Waals surface area contributed by atoms with E-state index >= 15 is 0 Å². The Labute approximate surface area is 172 Å². The van der Waals surface area contributed by atoms with Gasteiger partial charge in [0.1, 0.15) is 0 Å². The summed E-state index contributed by atoms with van der Waals surface area (Å²) >= 11 is 5.91. The summed E-state index contributed by atoms with van der Waals surface area (Å²) in [6, 6.07) is 17.1. The van der Waals surface area contributed by atoms with Gasteiger partial charge in [0, 0.05) is 29.5 Å². The van der Waals surface area contributed by atoms with Gasteiger partial charge >= 0.3 is 6.03 Å². The molecular weight excluding hydrogens is 388 g/mol. The van der Waals surface area contributed by atoms with Crippen LogP contribution in [0.3, 0.4) is 0 Å². The van der Waals surface area contributed by atoms with Crippen LogP contribution in [0.1, 0.15) is 11.1 Å². The molecule has 2 heterocycles. The first kappa shape index (κ1) is 18.8. The van der Waals surface area contributed by atoms with Gasteiger partial charge in [-0.25, -0.2) is 9.48 Å². The molecule has 4 aromatic rings. The molecule has 2 aromatic carbocycles. The highest BCUT2D eigenvalue weighted by Crippen LogP contribution is 2.13. The summed E-state index contributed by atoms with van der Waals surface area (Å²) in [6.07, 6.45) is 7.00. The molecule has 0 fully saturated rings. The smallest absolute Gasteiger partial charge is 0.319 e. The minimum Gasteiger partial charge on any atom is -0.334 e. The van der Waals surface area contributed by atoms with Crippen LogP contribution in [0.15, 0.2) is 79.4 Å². The number of hydrogen-bond acceptors (Lipinski definition) is 3. The number of halogens is 1. The number of carbonyl (C=O) groups is 1. The molecule has 2 aromatic heterocycles. The number of nitrogens with zero attached hydrogens (tertiary/aromatic N) is 4. The molecule has 29 heavy (non-hydrogen) atoms. The zero-order valence-corrected chi connectivity index (χ0v) is 16.3. The largest absolute Gasteiger partial charge is 0.334 e. The minimum atomic E-state index is -0.302. The third-order valence-electron chi connectivity index (χ3n) is 4.26. The maximum Gasteiger partial charge on any atom is 0.319 e. The summed E-state index contributed by atoms with van der Waals surface area (Å²) in [7, 11) is 0. The molecule has 0 saturated heterocycles. The van der Waals surface area contributed by atoms with Crippen molar-refractivity contribution < 1.29 is 4.79 Å². The van der Waals surface area contributed by atoms with E-state index in [2.05, 4.69) is 20.8 Å². The first-order chi connectivity index (χ1) is 14.2. The number of urea groups is 1. The Balaban J connectivity index is 1.29. The lowest BCUT2D eigenvalue weighted by Crippen LogP contribution is -2.27. The average Bonchev–Trinajstić information content (AvgIpc) is 3.37. The van der Waals surface area contributed by atoms with Gasteiger partial charge in [-0.3, -0.25) is 4.68 Å². The predicted molar refractivity (Wildman–Crippen MR) is 112 cm³/mol. The van der Waals surface area contributed by atoms with Crippen LogP contribution < -0.4 is 10.6 Å². The lowest BCUT2D eigenvalue weighted by molar-refractivity contribution is 0.251. The molecule has 146 valence electrons. The molecule has 2 amide bonds. The highest BCUT2D eigenvalue weighted by atomic mass is 35.5. The molecule has 0 atom stereocenters. The lowest BCUT2D eigenvalue weighted by atomic mass is 10.2. The van der Waals surface area contributed by atoms with E-state index in [0.717, 1.165) is 16.8 Å². The Morgan fingerprint density at radius 3 is 2.52 bits per heavy atom. The number of amides is 2. The van der Waals surface area contributed by atoms with Crippen LogP contribution in [-0.4, -0.2) is 25.6 Å². The first-order valence-electron chi connectivity index (χ1n) is 9.06. The van der Waals surface area contributed by atoms with Gasteiger partial charge in [0.15, 0.2) is 0 Å². The molecule has 2 N–H and O–H groups in total. The van der Waals surface area contributed by atoms with E-state index in [1.165, 1.54) is 0 Å². The summed E-state index contributed by atoms with van der Waals surface area (Å²) < 4.78 is 3.51. The van der Waals surface area contributed by atoms with Gasteiger partial charge in [-0.15, -0.1) is 0 Å². The van der Waals surface area contributed by atoms with Crippen molar-refractivity contribution in [2.24, 2.45) is 0 Å². The third-order valence-corrected chi connectivity index (χ3v) is 4.51. The van der Waals surface area contributed by atoms with Crippen LogP contribution in [0.25, 0.3) is 5.69 Å². The Bertz CT molecular complexity index is 1090. The van der Waals surface area contributed by atoms with Crippen LogP contribution in [-0.2, 0) is 13.1 Å². The summed E-state index contributed by atoms with van der Waals surface area (Å²) in [5.41, 5.74) is 3.56. The lowest BCUT2D eigenvalue weighted by Gasteiger charge is -2.04. The number of nitrogens with one attached hydrogen (secondary N) is 2. The van der Waals surface area contributed by atoms with E-state index < -0.39 is 0 Å². The zero-order valence-electron chi connectivity index (χ0n) is 15.5. The first-order valence-corrected chi connectivity index (χ1v) is 9.44. The highest BCUT2D eigenvalue weighted by molar-refractivity contribution is 6.30. The molecule has 0 unspecified atom stereocenters. The fourth-order valence-corrected chi connectivity index (χ4v) is 2.96. The van der Waals surface area contributed by atoms with Gasteiger partial charge in [0.25, 0.3) is 0 Å². The fraction of sp³-hybridized carbons (Fsp3) is 0.0952. The number of rotatable bonds is 6. The van der Waals surface area contributed by atoms with Crippen LogP contribution in [0.2, 0.25) is 5.02 Å². The van der Waals surface area contributed by atoms with Crippen LogP contribution in [0.4, 0.5) is 10.5 Å². The van der Waals surface area contributed by atoms with E-state index in [1.54, 1.807) is 28.0 Å². The van der Waals surface area contributed by atoms with Crippen molar-refractivity contribution in [3.63, 3.8) is 0 Å². The topological polar surface area (TPSA) is 76.8 Å². The van der Waals surface area contributed by atoms with Gasteiger partial charge in [-0.2, -0.15) is 10.2 Å². The molecule has 0 aliphatic heterocycles. The van der Waals surface area contributed by atoms with Gasteiger partial charge in [0.05, 0.1) is 30.3 Å². The molecule has 0 aliphatic carbocycles. The number of benzene rings is 2. The van der Waals surface area contributed by atoms with Crippen molar-refractivity contribution >= 4 is 23.3 Å². The zero-order chi connectivity index (χ0) is 20.1. The fourth-order valence-electron chi connectivity index (χ4n) is 2.83. The number of hydrogen-bond donors (Lipinski definition) is 2. The maximum absolute atomic E-state index is 12.2. The van der Waals surface area contributed by atoms with Gasteiger partial charge in [-0.05, 0) is 29.8 Å². The van der Waals surface area contributed by atoms with Crippen molar-refractivity contribution in [2.45, 2.75) is 13.1 Å². The Hall–Kier alpha value is -3.58. The quantitative estimate of drug-likeness (QED) is 0.506. The molecule has 0 radical (unpaired) electrons. The van der Waals surface area contributed by atoms with E-state index in [9.17, 15) is 4.79 Å². The molecule has 8 heteroatoms. The maximum atomic E-state index is 12.2. The highest BCUT2D eigenvalue weighted by Gasteiger charge is 2.06. The van der Waals surface area contributed by atoms with Gasteiger partial charge < -0.3 is 10.6 Å². The molecular formula is C21H19ClN6O. The minimum absolute atomic E-state index is 0.302. The Morgan fingerprint density at radius 2 is 1.72 bits per heavy atom. The predicted octanol–water partition coefficient (Wildman–Crippen LogP) is 4.09. The van der Waals surface area contributed by atoms with Gasteiger partial charge in [-0.1, -0.05) is 41.9 Å². The molecule has 7 nitrogen and oxygen atoms in total. The van der Waals surface area contributed by atoms with Crippen LogP contribution >= 0.6 is 11.6 Å². The Kier molecular flexibility index (Phi) is 5.58. The summed E-state index contributed by atoms with van der Waals surface area (Å²) in [5.74, 6) is 0. The Morgan fingerprint density at radius 1 is 0.931 bits per heavy atom. The SMILES string of the molecule is O=C(NCc1cnn(-c2ccc(Cl)cc2)c1)Nc1cnn(Cc2ccccc2)c1. The summed E-state index contributed by atoms with van der Waals surface area (Å²) in [6.45, 7) is 1.01. The normalized spacial score (nSPS) is 10.7. The summed E-state index contributed by atoms with van der Waals surface area (Å²) in [4.78, 5) is 12.2. The average molecular weight is 407 g/mol. The van der Waals surface area contributed by atoms with Crippen molar-refractivity contribution in [3.8, 4) is 5.69 Å². The van der Waals surface area contributed by atoms with E-state index in [-0.39, 0.29) is 6.03 Å². The molecule has 0 spiro atoms. The van der Waals surface area contributed by atoms with E-state index in [4.69, 9.17) is 11.6 Å². The molecule has 0 saturated carbocycles. The van der Waals surface area contributed by atoms with Crippen LogP contribution in [0.5, 0.6) is 0 Å². The number of anilines is 1. The van der Waals surface area contributed by atoms with Crippen LogP contribution in [0, 0.1) is 0 Å². The second-order valence-electron chi connectivity index (χ2n) is 6.49. The van der Waals surface area contributed by atoms with E-state index in [0.29, 0.717) is 23.8 Å². The van der Waals surface area contributed by atoms with E-state index in [1.807, 2.05) is 60.8 Å². The molecule has 4 rings (SSSR count). The van der Waals surface area contributed by atoms with Gasteiger partial charge in [0.2, 0.25) is 0 Å². The second kappa shape index (κ2) is 8.62. The number of carbonyl (C=O) groups excluding carboxylic acids is 1. The summed E-state index contributed by atoms with van der Waals surface area (Å²) in [5, 5.41) is 14.9. The number of aromatic nitrogens is 4. The van der Waals surface area contributed by atoms with Crippen molar-refractivity contribution in [1.29, 1.82) is 0 Å². The molecule has 0 bridgehead atoms. The monoisotopic (exact) mass is 406 g/mol.